The zero-order valence-electron chi connectivity index (χ0n) is 15.8. The van der Waals surface area contributed by atoms with E-state index in [1.165, 1.54) is 5.69 Å². The van der Waals surface area contributed by atoms with Crippen LogP contribution in [0, 0.1) is 5.92 Å². The molecule has 28 heavy (non-hydrogen) atoms. The summed E-state index contributed by atoms with van der Waals surface area (Å²) >= 11 is 0. The summed E-state index contributed by atoms with van der Waals surface area (Å²) in [5.41, 5.74) is 2.14. The predicted octanol–water partition coefficient (Wildman–Crippen LogP) is 2.15. The van der Waals surface area contributed by atoms with Crippen LogP contribution in [0.1, 0.15) is 30.7 Å². The fourth-order valence-corrected chi connectivity index (χ4v) is 3.77. The molecule has 9 heteroatoms. The molecule has 0 aliphatic carbocycles. The lowest BCUT2D eigenvalue weighted by Crippen LogP contribution is -2.43. The monoisotopic (exact) mass is 426 g/mol. The minimum Gasteiger partial charge on any atom is -0.356 e. The van der Waals surface area contributed by atoms with Crippen LogP contribution in [0.2, 0.25) is 0 Å². The SMILES string of the molecule is Cl.Cl.O=C(NCc1cc2n(n1)CCCNC2)C1CCCN(c2ccccn2)C1. The number of nitrogens with zero attached hydrogens (tertiary/aromatic N) is 4. The third kappa shape index (κ3) is 5.37. The molecule has 0 aromatic carbocycles. The van der Waals surface area contributed by atoms with Crippen LogP contribution in [-0.2, 0) is 24.4 Å². The van der Waals surface area contributed by atoms with E-state index in [2.05, 4.69) is 36.4 Å². The number of fused-ring (bicyclic) bond motifs is 1. The summed E-state index contributed by atoms with van der Waals surface area (Å²) in [5, 5.41) is 11.1. The number of aryl methyl sites for hydroxylation is 1. The topological polar surface area (TPSA) is 75.1 Å². The van der Waals surface area contributed by atoms with Crippen molar-refractivity contribution in [3.63, 3.8) is 0 Å². The lowest BCUT2D eigenvalue weighted by Gasteiger charge is -2.32. The van der Waals surface area contributed by atoms with E-state index >= 15 is 0 Å². The number of halogens is 2. The van der Waals surface area contributed by atoms with Crippen LogP contribution in [-0.4, -0.2) is 40.3 Å². The molecule has 0 saturated carbocycles. The van der Waals surface area contributed by atoms with Crippen molar-refractivity contribution < 1.29 is 4.79 Å². The number of aromatic nitrogens is 3. The standard InChI is InChI=1S/C19H26N6O.2ClH/c26-19(15-5-3-9-24(14-15)18-6-1-2-8-21-18)22-12-16-11-17-13-20-7-4-10-25(17)23-16;;/h1-2,6,8,11,15,20H,3-5,7,9-10,12-14H2,(H,22,26);2*1H. The highest BCUT2D eigenvalue weighted by molar-refractivity contribution is 5.85. The molecule has 1 fully saturated rings. The van der Waals surface area contributed by atoms with Gasteiger partial charge in [-0.3, -0.25) is 9.48 Å². The molecule has 4 heterocycles. The van der Waals surface area contributed by atoms with Crippen molar-refractivity contribution in [2.75, 3.05) is 24.5 Å². The van der Waals surface area contributed by atoms with Gasteiger partial charge in [0, 0.05) is 32.4 Å². The first kappa shape index (κ1) is 22.5. The van der Waals surface area contributed by atoms with Gasteiger partial charge in [0.2, 0.25) is 5.91 Å². The highest BCUT2D eigenvalue weighted by atomic mass is 35.5. The van der Waals surface area contributed by atoms with E-state index < -0.39 is 0 Å². The van der Waals surface area contributed by atoms with Crippen LogP contribution in [0.15, 0.2) is 30.5 Å². The molecule has 2 aromatic heterocycles. The molecule has 0 radical (unpaired) electrons. The van der Waals surface area contributed by atoms with Crippen molar-refractivity contribution in [1.29, 1.82) is 0 Å². The van der Waals surface area contributed by atoms with E-state index in [0.29, 0.717) is 6.54 Å². The maximum atomic E-state index is 12.6. The Kier molecular flexibility index (Phi) is 8.54. The highest BCUT2D eigenvalue weighted by Gasteiger charge is 2.26. The van der Waals surface area contributed by atoms with Crippen molar-refractivity contribution in [1.82, 2.24) is 25.4 Å². The molecule has 0 bridgehead atoms. The first-order chi connectivity index (χ1) is 12.8. The van der Waals surface area contributed by atoms with Gasteiger partial charge < -0.3 is 15.5 Å². The van der Waals surface area contributed by atoms with E-state index in [1.807, 2.05) is 18.2 Å². The highest BCUT2D eigenvalue weighted by Crippen LogP contribution is 2.21. The smallest absolute Gasteiger partial charge is 0.225 e. The molecule has 1 unspecified atom stereocenters. The van der Waals surface area contributed by atoms with Gasteiger partial charge >= 0.3 is 0 Å². The molecular weight excluding hydrogens is 399 g/mol. The van der Waals surface area contributed by atoms with E-state index in [0.717, 1.165) is 63.5 Å². The van der Waals surface area contributed by atoms with Crippen molar-refractivity contribution in [2.24, 2.45) is 5.92 Å². The molecule has 1 atom stereocenters. The number of amides is 1. The number of nitrogens with one attached hydrogen (secondary N) is 2. The van der Waals surface area contributed by atoms with E-state index in [9.17, 15) is 4.79 Å². The van der Waals surface area contributed by atoms with Gasteiger partial charge in [0.25, 0.3) is 0 Å². The first-order valence-electron chi connectivity index (χ1n) is 9.49. The Morgan fingerprint density at radius 2 is 2.14 bits per heavy atom. The fraction of sp³-hybridized carbons (Fsp3) is 0.526. The average Bonchev–Trinajstić information content (AvgIpc) is 2.96. The fourth-order valence-electron chi connectivity index (χ4n) is 3.77. The molecule has 2 aromatic rings. The average molecular weight is 427 g/mol. The predicted molar refractivity (Wildman–Crippen MR) is 114 cm³/mol. The third-order valence-electron chi connectivity index (χ3n) is 5.15. The number of piperidine rings is 1. The number of hydrogen-bond donors (Lipinski definition) is 2. The maximum absolute atomic E-state index is 12.6. The Labute approximate surface area is 178 Å². The number of rotatable bonds is 4. The number of pyridine rings is 1. The summed E-state index contributed by atoms with van der Waals surface area (Å²) < 4.78 is 2.06. The van der Waals surface area contributed by atoms with Gasteiger partial charge in [-0.15, -0.1) is 24.8 Å². The molecule has 1 amide bonds. The van der Waals surface area contributed by atoms with Crippen LogP contribution in [0.4, 0.5) is 5.82 Å². The van der Waals surface area contributed by atoms with Gasteiger partial charge in [-0.05, 0) is 44.0 Å². The zero-order chi connectivity index (χ0) is 17.8. The Balaban J connectivity index is 0.00000140. The third-order valence-corrected chi connectivity index (χ3v) is 5.15. The van der Waals surface area contributed by atoms with Gasteiger partial charge in [-0.2, -0.15) is 5.10 Å². The van der Waals surface area contributed by atoms with Crippen LogP contribution in [0.3, 0.4) is 0 Å². The summed E-state index contributed by atoms with van der Waals surface area (Å²) in [6, 6.07) is 8.01. The van der Waals surface area contributed by atoms with E-state index in [1.54, 1.807) is 6.20 Å². The van der Waals surface area contributed by atoms with Gasteiger partial charge in [-0.25, -0.2) is 4.98 Å². The summed E-state index contributed by atoms with van der Waals surface area (Å²) in [7, 11) is 0. The molecule has 4 rings (SSSR count). The number of anilines is 1. The normalized spacial score (nSPS) is 18.9. The van der Waals surface area contributed by atoms with Crippen molar-refractivity contribution in [3.05, 3.63) is 41.9 Å². The Morgan fingerprint density at radius 1 is 1.25 bits per heavy atom. The molecule has 1 saturated heterocycles. The summed E-state index contributed by atoms with van der Waals surface area (Å²) in [5.74, 6) is 1.08. The van der Waals surface area contributed by atoms with Crippen molar-refractivity contribution in [3.8, 4) is 0 Å². The maximum Gasteiger partial charge on any atom is 0.225 e. The molecule has 2 aliphatic heterocycles. The molecule has 0 spiro atoms. The summed E-state index contributed by atoms with van der Waals surface area (Å²) in [6.07, 6.45) is 4.83. The van der Waals surface area contributed by atoms with Crippen molar-refractivity contribution in [2.45, 2.75) is 38.9 Å². The quantitative estimate of drug-likeness (QED) is 0.782. The molecule has 2 N–H and O–H groups in total. The minimum atomic E-state index is 0. The Hall–Kier alpha value is -1.83. The van der Waals surface area contributed by atoms with Crippen LogP contribution in [0.25, 0.3) is 0 Å². The second-order valence-electron chi connectivity index (χ2n) is 7.07. The largest absolute Gasteiger partial charge is 0.356 e. The molecule has 2 aliphatic rings. The Bertz CT molecular complexity index is 731. The van der Waals surface area contributed by atoms with Gasteiger partial charge in [0.05, 0.1) is 23.9 Å². The summed E-state index contributed by atoms with van der Waals surface area (Å²) in [6.45, 7) is 5.01. The number of carbonyl (C=O) groups is 1. The van der Waals surface area contributed by atoms with Crippen molar-refractivity contribution >= 4 is 36.5 Å². The second kappa shape index (κ2) is 10.6. The first-order valence-corrected chi connectivity index (χ1v) is 9.49. The van der Waals surface area contributed by atoms with Gasteiger partial charge in [-0.1, -0.05) is 6.07 Å². The van der Waals surface area contributed by atoms with Crippen LogP contribution in [0.5, 0.6) is 0 Å². The number of carbonyl (C=O) groups excluding carboxylic acids is 1. The number of hydrogen-bond acceptors (Lipinski definition) is 5. The van der Waals surface area contributed by atoms with E-state index in [-0.39, 0.29) is 36.6 Å². The molecular formula is C19H28Cl2N6O. The van der Waals surface area contributed by atoms with Gasteiger partial charge in [0.15, 0.2) is 0 Å². The van der Waals surface area contributed by atoms with Crippen LogP contribution >= 0.6 is 24.8 Å². The summed E-state index contributed by atoms with van der Waals surface area (Å²) in [4.78, 5) is 19.3. The van der Waals surface area contributed by atoms with E-state index in [4.69, 9.17) is 0 Å². The lowest BCUT2D eigenvalue weighted by molar-refractivity contribution is -0.125. The molecule has 154 valence electrons. The van der Waals surface area contributed by atoms with Gasteiger partial charge in [0.1, 0.15) is 5.82 Å². The second-order valence-corrected chi connectivity index (χ2v) is 7.07. The zero-order valence-corrected chi connectivity index (χ0v) is 17.5. The molecule has 7 nitrogen and oxygen atoms in total. The van der Waals surface area contributed by atoms with Crippen LogP contribution < -0.4 is 15.5 Å². The Morgan fingerprint density at radius 3 is 2.96 bits per heavy atom. The lowest BCUT2D eigenvalue weighted by atomic mass is 9.97. The minimum absolute atomic E-state index is 0.